The van der Waals surface area contributed by atoms with Crippen LogP contribution < -0.4 is 0 Å². The molecule has 6 aliphatic carbocycles. The number of nitrogens with zero attached hydrogens (tertiary/aromatic N) is 3. The van der Waals surface area contributed by atoms with E-state index in [1.54, 1.807) is 0 Å². The lowest BCUT2D eigenvalue weighted by Crippen LogP contribution is -1.94. The van der Waals surface area contributed by atoms with Gasteiger partial charge in [0.2, 0.25) is 0 Å². The van der Waals surface area contributed by atoms with Crippen molar-refractivity contribution < 1.29 is 0 Å². The van der Waals surface area contributed by atoms with Crippen LogP contribution in [0.15, 0.2) is 309 Å². The normalized spacial score (nSPS) is 12.0. The number of pyridine rings is 3. The fraction of sp³-hybridized carbons (Fsp3) is 0.200. The second kappa shape index (κ2) is 35.9. The lowest BCUT2D eigenvalue weighted by atomic mass is 9.93. The van der Waals surface area contributed by atoms with Gasteiger partial charge in [-0.3, -0.25) is 0 Å². The number of benzene rings is 15. The molecule has 6 aromatic heterocycles. The summed E-state index contributed by atoms with van der Waals surface area (Å²) in [5.74, 6) is 0. The van der Waals surface area contributed by atoms with Crippen molar-refractivity contribution in [3.05, 3.63) is 376 Å². The van der Waals surface area contributed by atoms with Crippen LogP contribution >= 0.6 is 0 Å². The Balaban J connectivity index is 0.000000125. The summed E-state index contributed by atoms with van der Waals surface area (Å²) in [6, 6.07) is 116. The highest BCUT2D eigenvalue weighted by atomic mass is 14.9. The van der Waals surface area contributed by atoms with Gasteiger partial charge in [0.1, 0.15) is 0 Å². The zero-order valence-electron chi connectivity index (χ0n) is 75.5. The molecule has 15 aromatic carbocycles. The minimum absolute atomic E-state index is 0.995. The maximum atomic E-state index is 2.50. The lowest BCUT2D eigenvalue weighted by Gasteiger charge is -2.14. The fourth-order valence-corrected chi connectivity index (χ4v) is 20.8. The fourth-order valence-electron chi connectivity index (χ4n) is 20.8. The van der Waals surface area contributed by atoms with Crippen LogP contribution in [0.2, 0.25) is 0 Å². The number of aromatic nitrogens is 3. The topological polar surface area (TPSA) is 13.2 Å². The second-order valence-corrected chi connectivity index (χ2v) is 30.4. The third-order valence-corrected chi connectivity index (χ3v) is 25.1. The minimum atomic E-state index is 0.995. The first kappa shape index (κ1) is 83.6. The predicted octanol–water partition coefficient (Wildman–Crippen LogP) is 34.9. The quantitative estimate of drug-likeness (QED) is 0.134. The third-order valence-electron chi connectivity index (χ3n) is 25.1. The standard InChI is InChI=1S/3C34H21N.9C2H6/c1-3-9-25-20(7-1)15-23-18-29-24(17-28(23)25)16-22-13-14-27-26-10-4-6-12-31(26)35-30-11-5-2-8-21(30)19-32(35)34(27)33(22)29;1-3-9-25-20(7-1)15-23-17-24-16-22-13-14-27-26-10-4-6-12-31(26)35-30-11-5-2-8-21(30)18-32(35)34(27)33(22)29(24)19-28(23)25;1-3-9-23-20(7-1)17-22-13-14-24-25-15-16-27-26-10-4-6-12-31(26)35-30-11-5-2-8-21(30)18-32(35)34(27)29(25)19-28(24)33(22)23;9*1-2/h2*1-14,17-19H,15-16H2;1-16,18H,17,19H2;9*1-2H3. The smallest absolute Gasteiger partial charge is 0.0553 e. The highest BCUT2D eigenvalue weighted by Crippen LogP contribution is 2.55. The Kier molecular flexibility index (Phi) is 24.4. The third kappa shape index (κ3) is 13.3. The van der Waals surface area contributed by atoms with E-state index in [0.717, 1.165) is 38.5 Å². The van der Waals surface area contributed by atoms with Crippen molar-refractivity contribution in [1.29, 1.82) is 0 Å². The summed E-state index contributed by atoms with van der Waals surface area (Å²) in [5, 5.41) is 16.1. The largest absolute Gasteiger partial charge is 0.309 e. The Labute approximate surface area is 728 Å². The summed E-state index contributed by atoms with van der Waals surface area (Å²) in [6.45, 7) is 36.0. The van der Waals surface area contributed by atoms with Crippen LogP contribution in [0.1, 0.15) is 191 Å². The number of hydrogen-bond acceptors (Lipinski definition) is 0. The van der Waals surface area contributed by atoms with Gasteiger partial charge in [-0.2, -0.15) is 0 Å². The van der Waals surface area contributed by atoms with Gasteiger partial charge in [0, 0.05) is 48.5 Å². The van der Waals surface area contributed by atoms with Gasteiger partial charge in [-0.05, 0) is 261 Å². The van der Waals surface area contributed by atoms with Crippen molar-refractivity contribution in [2.45, 2.75) is 163 Å². The average molecular weight is 1600 g/mol. The Hall–Kier alpha value is -13.1. The maximum absolute atomic E-state index is 2.50. The van der Waals surface area contributed by atoms with E-state index in [2.05, 4.69) is 323 Å². The molecule has 0 spiro atoms. The van der Waals surface area contributed by atoms with Crippen LogP contribution in [0.25, 0.3) is 181 Å². The molecule has 0 bridgehead atoms. The molecule has 612 valence electrons. The van der Waals surface area contributed by atoms with Crippen molar-refractivity contribution in [2.24, 2.45) is 0 Å². The van der Waals surface area contributed by atoms with E-state index < -0.39 is 0 Å². The average Bonchev–Trinajstić information content (AvgIpc) is 1.55. The van der Waals surface area contributed by atoms with E-state index in [9.17, 15) is 0 Å². The van der Waals surface area contributed by atoms with Crippen molar-refractivity contribution in [2.75, 3.05) is 0 Å². The SMILES string of the molecule is CC.CC.CC.CC.CC.CC.CC.CC.CC.c1ccc2c(c1)Cc1cc3c(cc1-2)-c1c(ccc2c4ccccc4n4c5ccccc5cc4c12)C3.c1ccc2c(c1)Cc1cc3c(cc1-2)Cc1ccc2c4ccccc4n4c5ccccc5cc4c2c1-3.c1ccc2c(c1)Cc1ccc3c(c1-2)Cc1c-3ccc2c3ccccc3n3c4ccccc4cc3c12. The zero-order valence-corrected chi connectivity index (χ0v) is 75.5. The van der Waals surface area contributed by atoms with E-state index >= 15 is 0 Å². The van der Waals surface area contributed by atoms with Gasteiger partial charge < -0.3 is 13.2 Å². The molecule has 123 heavy (non-hydrogen) atoms. The van der Waals surface area contributed by atoms with Crippen molar-refractivity contribution in [3.63, 3.8) is 0 Å². The van der Waals surface area contributed by atoms with Gasteiger partial charge in [0.15, 0.2) is 0 Å². The number of fused-ring (bicyclic) bond motifs is 46. The van der Waals surface area contributed by atoms with Gasteiger partial charge in [-0.25, -0.2) is 0 Å². The zero-order chi connectivity index (χ0) is 86.0. The molecule has 27 rings (SSSR count). The summed E-state index contributed by atoms with van der Waals surface area (Å²) in [5.41, 5.74) is 46.4. The summed E-state index contributed by atoms with van der Waals surface area (Å²) in [7, 11) is 0. The molecule has 0 aliphatic heterocycles. The summed E-state index contributed by atoms with van der Waals surface area (Å²) in [6.07, 6.45) is 6.16. The monoisotopic (exact) mass is 1600 g/mol. The van der Waals surface area contributed by atoms with Crippen molar-refractivity contribution in [3.8, 4) is 66.8 Å². The van der Waals surface area contributed by atoms with Crippen LogP contribution in [-0.2, 0) is 38.5 Å². The van der Waals surface area contributed by atoms with Crippen molar-refractivity contribution >= 4 is 114 Å². The van der Waals surface area contributed by atoms with E-state index in [1.165, 1.54) is 248 Å². The number of hydrogen-bond donors (Lipinski definition) is 0. The van der Waals surface area contributed by atoms with E-state index in [0.29, 0.717) is 0 Å². The summed E-state index contributed by atoms with van der Waals surface area (Å²) in [4.78, 5) is 0. The van der Waals surface area contributed by atoms with Gasteiger partial charge in [0.05, 0.1) is 49.7 Å². The molecule has 3 nitrogen and oxygen atoms in total. The predicted molar refractivity (Wildman–Crippen MR) is 541 cm³/mol. The Morgan fingerprint density at radius 1 is 0.154 bits per heavy atom. The molecular formula is C120H117N3. The lowest BCUT2D eigenvalue weighted by molar-refractivity contribution is 1.21. The molecule has 0 unspecified atom stereocenters. The van der Waals surface area contributed by atoms with Gasteiger partial charge >= 0.3 is 0 Å². The van der Waals surface area contributed by atoms with Crippen LogP contribution in [0.5, 0.6) is 0 Å². The highest BCUT2D eigenvalue weighted by molar-refractivity contribution is 6.24. The molecule has 0 saturated carbocycles. The molecule has 0 fully saturated rings. The molecule has 0 saturated heterocycles. The Morgan fingerprint density at radius 2 is 0.447 bits per heavy atom. The minimum Gasteiger partial charge on any atom is -0.309 e. The molecule has 3 heteroatoms. The van der Waals surface area contributed by atoms with Crippen LogP contribution in [0.4, 0.5) is 0 Å². The molecule has 0 N–H and O–H groups in total. The molecular weight excluding hydrogens is 1480 g/mol. The summed E-state index contributed by atoms with van der Waals surface area (Å²) >= 11 is 0. The van der Waals surface area contributed by atoms with Crippen LogP contribution in [-0.4, -0.2) is 13.2 Å². The molecule has 6 heterocycles. The van der Waals surface area contributed by atoms with Crippen LogP contribution in [0, 0.1) is 0 Å². The van der Waals surface area contributed by atoms with Crippen molar-refractivity contribution in [1.82, 2.24) is 13.2 Å². The van der Waals surface area contributed by atoms with Gasteiger partial charge in [0.25, 0.3) is 0 Å². The molecule has 0 radical (unpaired) electrons. The van der Waals surface area contributed by atoms with Gasteiger partial charge in [-0.1, -0.05) is 361 Å². The first-order valence-corrected chi connectivity index (χ1v) is 46.4. The van der Waals surface area contributed by atoms with E-state index in [-0.39, 0.29) is 0 Å². The van der Waals surface area contributed by atoms with Crippen LogP contribution in [0.3, 0.4) is 0 Å². The van der Waals surface area contributed by atoms with E-state index in [4.69, 9.17) is 0 Å². The highest BCUT2D eigenvalue weighted by Gasteiger charge is 2.34. The first-order chi connectivity index (χ1) is 61.1. The van der Waals surface area contributed by atoms with Gasteiger partial charge in [-0.15, -0.1) is 0 Å². The molecule has 6 aliphatic rings. The molecule has 21 aromatic rings. The maximum Gasteiger partial charge on any atom is 0.0553 e. The molecule has 0 atom stereocenters. The van der Waals surface area contributed by atoms with E-state index in [1.807, 2.05) is 125 Å². The molecule has 0 amide bonds. The number of rotatable bonds is 0. The number of para-hydroxylation sites is 6. The second-order valence-electron chi connectivity index (χ2n) is 30.4. The Morgan fingerprint density at radius 3 is 0.919 bits per heavy atom. The first-order valence-electron chi connectivity index (χ1n) is 46.4. The summed E-state index contributed by atoms with van der Waals surface area (Å²) < 4.78 is 7.44. The Bertz CT molecular complexity index is 7590.